The molecule has 0 spiro atoms. The van der Waals surface area contributed by atoms with Crippen molar-refractivity contribution in [1.82, 2.24) is 0 Å². The van der Waals surface area contributed by atoms with E-state index < -0.39 is 0 Å². The Balaban J connectivity index is -0.00000112. The number of fused-ring (bicyclic) bond motifs is 5. The van der Waals surface area contributed by atoms with E-state index in [1.807, 2.05) is 109 Å². The summed E-state index contributed by atoms with van der Waals surface area (Å²) in [7, 11) is 1.69. The molecule has 9 unspecified atom stereocenters. The molecule has 9 aromatic carbocycles. The summed E-state index contributed by atoms with van der Waals surface area (Å²) in [6.07, 6.45) is 11.0. The maximum atomic E-state index is 5.08. The minimum Gasteiger partial charge on any atom is -0.497 e. The summed E-state index contributed by atoms with van der Waals surface area (Å²) in [5, 5.41) is 5.40. The Hall–Kier alpha value is -6.70. The van der Waals surface area contributed by atoms with Gasteiger partial charge in [-0.2, -0.15) is 0 Å². The van der Waals surface area contributed by atoms with Gasteiger partial charge in [0, 0.05) is 0 Å². The van der Waals surface area contributed by atoms with Crippen LogP contribution in [0.25, 0.3) is 21.5 Å². The molecule has 2 aliphatic carbocycles. The average molecular weight is 1420 g/mol. The molecular weight excluding hydrogens is 1250 g/mol. The first-order valence-electron chi connectivity index (χ1n) is 42.0. The lowest BCUT2D eigenvalue weighted by atomic mass is 9.78. The van der Waals surface area contributed by atoms with Gasteiger partial charge in [0.1, 0.15) is 5.75 Å². The molecule has 0 radical (unpaired) electrons. The predicted molar refractivity (Wildman–Crippen MR) is 479 cm³/mol. The van der Waals surface area contributed by atoms with Crippen molar-refractivity contribution >= 4 is 21.5 Å². The van der Waals surface area contributed by atoms with Crippen LogP contribution in [0.2, 0.25) is 0 Å². The molecule has 0 heterocycles. The highest BCUT2D eigenvalue weighted by atomic mass is 16.5. The van der Waals surface area contributed by atoms with Gasteiger partial charge in [-0.1, -0.05) is 415 Å². The molecule has 9 atom stereocenters. The summed E-state index contributed by atoms with van der Waals surface area (Å²) < 4.78 is 5.08. The third-order valence-electron chi connectivity index (χ3n) is 20.1. The normalized spacial score (nSPS) is 15.1. The second-order valence-corrected chi connectivity index (χ2v) is 27.8. The fourth-order valence-electron chi connectivity index (χ4n) is 11.8. The molecule has 0 aliphatic heterocycles. The standard InChI is InChI=1S/C18H18.C14H22.C12H16.C12H18.C11H16O.C11H14.C11H16.7C2H6/c1-3-13(2)16-11-10-15-9-8-14-6-4-5-7-17(14)18(15)12-16;1-6-11(2)12-8-7-9-13(10-12)14(3,4)5;1-9-7-11-5-3-4-6-12(11)8-10(9)2;1-4-10(3)12-8-6-7-11(5-2)9-12;1-4-9(2)10-5-7-11(12-3)8-6-10;1-8-7-10-5-3-4-6-11(10)9(8)2;1-4-10(3)11-7-5-9(2)6-8-11;7*1-2/h4-13H,3H2,1-2H3;7-11H,6H2,1-5H3;3-6,9-10H,7-8H2,1-2H3;6-10H,4-5H2,1-3H3;5-9H,4H2,1-3H3;3-6,8-9H,7H2,1-2H3;5-8,10H,4H2,1-3H3;7*1-2H3. The molecule has 0 fully saturated rings. The molecule has 2 aliphatic rings. The molecule has 0 aromatic heterocycles. The van der Waals surface area contributed by atoms with Crippen molar-refractivity contribution in [2.75, 3.05) is 7.11 Å². The first-order valence-corrected chi connectivity index (χ1v) is 42.0. The SMILES string of the molecule is CC.CC.CC.CC.CC.CC.CC.CC1Cc2ccccc2C1C.CC1Cc2ccccc2CC1C.CCC(C)c1ccc(C)cc1.CCC(C)c1ccc(OC)cc1.CCC(C)c1ccc2ccc3ccccc3c2c1.CCC(C)c1cccc(C(C)(C)C)c1.CCc1cccc(C(C)CC)c1. The van der Waals surface area contributed by atoms with Crippen LogP contribution in [0.3, 0.4) is 0 Å². The van der Waals surface area contributed by atoms with Crippen molar-refractivity contribution in [1.29, 1.82) is 0 Å². The van der Waals surface area contributed by atoms with Gasteiger partial charge in [-0.05, 0) is 218 Å². The molecule has 104 heavy (non-hydrogen) atoms. The quantitative estimate of drug-likeness (QED) is 0.111. The third kappa shape index (κ3) is 36.5. The van der Waals surface area contributed by atoms with Crippen LogP contribution in [0.15, 0.2) is 200 Å². The van der Waals surface area contributed by atoms with Gasteiger partial charge in [0.25, 0.3) is 0 Å². The Morgan fingerprint density at radius 3 is 1.13 bits per heavy atom. The van der Waals surface area contributed by atoms with E-state index in [1.54, 1.807) is 29.4 Å². The van der Waals surface area contributed by atoms with Gasteiger partial charge < -0.3 is 4.74 Å². The summed E-state index contributed by atoms with van der Waals surface area (Å²) in [5.74, 6) is 7.63. The molecule has 0 saturated carbocycles. The van der Waals surface area contributed by atoms with Gasteiger partial charge in [-0.3, -0.25) is 0 Å². The third-order valence-corrected chi connectivity index (χ3v) is 20.1. The van der Waals surface area contributed by atoms with Crippen LogP contribution < -0.4 is 4.74 Å². The Morgan fingerprint density at radius 1 is 0.346 bits per heavy atom. The molecule has 9 aromatic rings. The van der Waals surface area contributed by atoms with Crippen LogP contribution in [0.5, 0.6) is 5.75 Å². The van der Waals surface area contributed by atoms with Crippen LogP contribution in [0.4, 0.5) is 0 Å². The van der Waals surface area contributed by atoms with Crippen molar-refractivity contribution in [3.63, 3.8) is 0 Å². The monoisotopic (exact) mass is 1420 g/mol. The zero-order valence-electron chi connectivity index (χ0n) is 74.0. The van der Waals surface area contributed by atoms with Gasteiger partial charge in [-0.15, -0.1) is 0 Å². The molecular formula is C103H162O. The van der Waals surface area contributed by atoms with Crippen molar-refractivity contribution in [3.05, 3.63) is 267 Å². The van der Waals surface area contributed by atoms with Crippen molar-refractivity contribution in [2.45, 2.75) is 327 Å². The maximum Gasteiger partial charge on any atom is 0.118 e. The first kappa shape index (κ1) is 101. The summed E-state index contributed by atoms with van der Waals surface area (Å²) in [6.45, 7) is 71.1. The van der Waals surface area contributed by atoms with Crippen LogP contribution in [0.1, 0.15) is 356 Å². The zero-order valence-corrected chi connectivity index (χ0v) is 74.0. The minimum atomic E-state index is 0.267. The number of ether oxygens (including phenoxy) is 1. The van der Waals surface area contributed by atoms with E-state index in [-0.39, 0.29) is 5.41 Å². The Bertz CT molecular complexity index is 3430. The molecule has 580 valence electrons. The van der Waals surface area contributed by atoms with Crippen molar-refractivity contribution in [2.24, 2.45) is 17.8 Å². The highest BCUT2D eigenvalue weighted by Gasteiger charge is 2.25. The van der Waals surface area contributed by atoms with Gasteiger partial charge in [0.15, 0.2) is 0 Å². The van der Waals surface area contributed by atoms with E-state index in [9.17, 15) is 0 Å². The van der Waals surface area contributed by atoms with Crippen LogP contribution in [0, 0.1) is 24.7 Å². The van der Waals surface area contributed by atoms with Gasteiger partial charge in [0.05, 0.1) is 7.11 Å². The molecule has 0 amide bonds. The highest BCUT2D eigenvalue weighted by molar-refractivity contribution is 6.07. The minimum absolute atomic E-state index is 0.267. The van der Waals surface area contributed by atoms with E-state index >= 15 is 0 Å². The number of rotatable bonds is 12. The summed E-state index contributed by atoms with van der Waals surface area (Å²) in [4.78, 5) is 0. The summed E-state index contributed by atoms with van der Waals surface area (Å²) >= 11 is 0. The average Bonchev–Trinajstić information content (AvgIpc) is 0.949. The van der Waals surface area contributed by atoms with Crippen molar-refractivity contribution in [3.8, 4) is 5.75 Å². The van der Waals surface area contributed by atoms with E-state index in [2.05, 4.69) is 320 Å². The van der Waals surface area contributed by atoms with E-state index in [4.69, 9.17) is 4.74 Å². The number of benzene rings is 9. The van der Waals surface area contributed by atoms with Gasteiger partial charge in [0.2, 0.25) is 0 Å². The lowest BCUT2D eigenvalue weighted by Gasteiger charge is -2.27. The molecule has 1 nitrogen and oxygen atoms in total. The predicted octanol–water partition coefficient (Wildman–Crippen LogP) is 33.7. The first-order chi connectivity index (χ1) is 50.1. The molecule has 1 heteroatoms. The fraction of sp³-hybridized carbons (Fsp3) is 0.515. The molecule has 11 rings (SSSR count). The second-order valence-electron chi connectivity index (χ2n) is 27.8. The van der Waals surface area contributed by atoms with Crippen LogP contribution in [-0.2, 0) is 31.1 Å². The second kappa shape index (κ2) is 60.4. The Morgan fingerprint density at radius 2 is 0.702 bits per heavy atom. The Kier molecular flexibility index (Phi) is 59.0. The van der Waals surface area contributed by atoms with E-state index in [1.165, 1.54) is 117 Å². The highest BCUT2D eigenvalue weighted by Crippen LogP contribution is 2.37. The maximum absolute atomic E-state index is 5.08. The lowest BCUT2D eigenvalue weighted by Crippen LogP contribution is -2.20. The lowest BCUT2D eigenvalue weighted by molar-refractivity contribution is 0.361. The number of aryl methyl sites for hydroxylation is 2. The molecule has 0 saturated heterocycles. The largest absolute Gasteiger partial charge is 0.497 e. The number of hydrogen-bond acceptors (Lipinski definition) is 1. The van der Waals surface area contributed by atoms with Gasteiger partial charge in [-0.25, -0.2) is 0 Å². The van der Waals surface area contributed by atoms with E-state index in [0.29, 0.717) is 29.6 Å². The topological polar surface area (TPSA) is 9.23 Å². The molecule has 0 bridgehead atoms. The smallest absolute Gasteiger partial charge is 0.118 e. The van der Waals surface area contributed by atoms with Crippen molar-refractivity contribution < 1.29 is 4.74 Å². The van der Waals surface area contributed by atoms with Crippen LogP contribution in [-0.4, -0.2) is 7.11 Å². The number of hydrogen-bond donors (Lipinski definition) is 0. The summed E-state index contributed by atoms with van der Waals surface area (Å²) in [6, 6.07) is 72.7. The van der Waals surface area contributed by atoms with Crippen LogP contribution >= 0.6 is 0 Å². The van der Waals surface area contributed by atoms with Gasteiger partial charge >= 0.3 is 0 Å². The zero-order chi connectivity index (χ0) is 79.9. The molecule has 0 N–H and O–H groups in total. The van der Waals surface area contributed by atoms with E-state index in [0.717, 1.165) is 35.8 Å². The number of methoxy groups -OCH3 is 1. The Labute approximate surface area is 647 Å². The fourth-order valence-corrected chi connectivity index (χ4v) is 11.8. The summed E-state index contributed by atoms with van der Waals surface area (Å²) in [5.41, 5.74) is 18.0.